The summed E-state index contributed by atoms with van der Waals surface area (Å²) in [5.74, 6) is -1.20. The third-order valence-electron chi connectivity index (χ3n) is 3.20. The zero-order valence-corrected chi connectivity index (χ0v) is 13.4. The van der Waals surface area contributed by atoms with Crippen molar-refractivity contribution in [2.75, 3.05) is 38.7 Å². The lowest BCUT2D eigenvalue weighted by atomic mass is 10.1. The maximum absolute atomic E-state index is 12.1. The molecule has 1 aromatic rings. The minimum Gasteiger partial charge on any atom is -0.466 e. The largest absolute Gasteiger partial charge is 0.466 e. The van der Waals surface area contributed by atoms with Crippen molar-refractivity contribution in [3.63, 3.8) is 0 Å². The van der Waals surface area contributed by atoms with E-state index in [0.29, 0.717) is 0 Å². The van der Waals surface area contributed by atoms with Crippen molar-refractivity contribution in [1.29, 1.82) is 0 Å². The monoisotopic (exact) mass is 323 g/mol. The molecule has 1 aromatic carbocycles. The SMILES string of the molecule is COC(=O)C1=C(C(=O)OC)N(c2cccc(SC)c2)COC1. The topological polar surface area (TPSA) is 65.1 Å². The first kappa shape index (κ1) is 16.4. The number of esters is 2. The van der Waals surface area contributed by atoms with Gasteiger partial charge in [0.2, 0.25) is 0 Å². The summed E-state index contributed by atoms with van der Waals surface area (Å²) in [5, 5.41) is 0. The van der Waals surface area contributed by atoms with Crippen LogP contribution in [0.1, 0.15) is 0 Å². The second-order valence-electron chi connectivity index (χ2n) is 4.42. The number of anilines is 1. The molecule has 0 radical (unpaired) electrons. The van der Waals surface area contributed by atoms with Crippen LogP contribution >= 0.6 is 11.8 Å². The Balaban J connectivity index is 2.52. The summed E-state index contributed by atoms with van der Waals surface area (Å²) in [6, 6.07) is 7.59. The number of hydrogen-bond donors (Lipinski definition) is 0. The molecule has 22 heavy (non-hydrogen) atoms. The lowest BCUT2D eigenvalue weighted by Crippen LogP contribution is -2.38. The molecule has 0 aromatic heterocycles. The normalized spacial score (nSPS) is 14.8. The van der Waals surface area contributed by atoms with E-state index in [-0.39, 0.29) is 24.6 Å². The molecule has 0 bridgehead atoms. The number of nitrogens with zero attached hydrogens (tertiary/aromatic N) is 1. The van der Waals surface area contributed by atoms with Crippen molar-refractivity contribution in [3.05, 3.63) is 35.5 Å². The van der Waals surface area contributed by atoms with Crippen molar-refractivity contribution in [2.45, 2.75) is 4.90 Å². The van der Waals surface area contributed by atoms with Gasteiger partial charge >= 0.3 is 11.9 Å². The van der Waals surface area contributed by atoms with Crippen LogP contribution in [0.25, 0.3) is 0 Å². The first-order valence-electron chi connectivity index (χ1n) is 6.51. The van der Waals surface area contributed by atoms with Crippen LogP contribution in [0, 0.1) is 0 Å². The predicted molar refractivity (Wildman–Crippen MR) is 82.6 cm³/mol. The molecule has 0 unspecified atom stereocenters. The van der Waals surface area contributed by atoms with Gasteiger partial charge in [0.05, 0.1) is 26.4 Å². The van der Waals surface area contributed by atoms with E-state index in [2.05, 4.69) is 0 Å². The van der Waals surface area contributed by atoms with Crippen LogP contribution < -0.4 is 4.90 Å². The highest BCUT2D eigenvalue weighted by molar-refractivity contribution is 7.98. The van der Waals surface area contributed by atoms with Gasteiger partial charge < -0.3 is 19.1 Å². The molecule has 7 heteroatoms. The fourth-order valence-corrected chi connectivity index (χ4v) is 2.58. The Bertz CT molecular complexity index is 614. The summed E-state index contributed by atoms with van der Waals surface area (Å²) in [5.41, 5.74) is 1.04. The van der Waals surface area contributed by atoms with E-state index in [1.54, 1.807) is 16.7 Å². The van der Waals surface area contributed by atoms with Gasteiger partial charge in [0, 0.05) is 10.6 Å². The van der Waals surface area contributed by atoms with Crippen LogP contribution in [0.4, 0.5) is 5.69 Å². The molecule has 6 nitrogen and oxygen atoms in total. The molecule has 0 saturated heterocycles. The van der Waals surface area contributed by atoms with Gasteiger partial charge in [0.1, 0.15) is 12.4 Å². The number of ether oxygens (including phenoxy) is 3. The summed E-state index contributed by atoms with van der Waals surface area (Å²) in [7, 11) is 2.54. The quantitative estimate of drug-likeness (QED) is 0.618. The van der Waals surface area contributed by atoms with Gasteiger partial charge in [-0.1, -0.05) is 6.07 Å². The Morgan fingerprint density at radius 3 is 2.59 bits per heavy atom. The number of benzene rings is 1. The van der Waals surface area contributed by atoms with E-state index in [1.807, 2.05) is 30.5 Å². The maximum atomic E-state index is 12.1. The standard InChI is InChI=1S/C15H17NO5S/c1-19-14(17)12-8-21-9-16(13(12)15(18)20-2)10-5-4-6-11(7-10)22-3/h4-7H,8-9H2,1-3H3. The van der Waals surface area contributed by atoms with Crippen LogP contribution in [0.15, 0.2) is 40.4 Å². The zero-order chi connectivity index (χ0) is 16.1. The highest BCUT2D eigenvalue weighted by Crippen LogP contribution is 2.29. The van der Waals surface area contributed by atoms with Crippen LogP contribution in [0.5, 0.6) is 0 Å². The van der Waals surface area contributed by atoms with Crippen molar-refractivity contribution < 1.29 is 23.8 Å². The number of hydrogen-bond acceptors (Lipinski definition) is 7. The summed E-state index contributed by atoms with van der Waals surface area (Å²) in [6.45, 7) is 0.165. The fraction of sp³-hybridized carbons (Fsp3) is 0.333. The molecule has 0 atom stereocenters. The van der Waals surface area contributed by atoms with Crippen molar-refractivity contribution in [2.24, 2.45) is 0 Å². The zero-order valence-electron chi connectivity index (χ0n) is 12.6. The molecule has 0 saturated carbocycles. The van der Waals surface area contributed by atoms with Crippen LogP contribution in [-0.4, -0.2) is 45.8 Å². The van der Waals surface area contributed by atoms with Gasteiger partial charge in [0.25, 0.3) is 0 Å². The third kappa shape index (κ3) is 3.26. The third-order valence-corrected chi connectivity index (χ3v) is 3.92. The van der Waals surface area contributed by atoms with E-state index >= 15 is 0 Å². The second-order valence-corrected chi connectivity index (χ2v) is 5.30. The van der Waals surface area contributed by atoms with E-state index in [4.69, 9.17) is 14.2 Å². The molecule has 118 valence electrons. The number of thioether (sulfide) groups is 1. The number of carbonyl (C=O) groups excluding carboxylic acids is 2. The number of carbonyl (C=O) groups is 2. The van der Waals surface area contributed by atoms with Crippen LogP contribution in [0.2, 0.25) is 0 Å². The lowest BCUT2D eigenvalue weighted by Gasteiger charge is -2.31. The number of rotatable bonds is 4. The highest BCUT2D eigenvalue weighted by atomic mass is 32.2. The van der Waals surface area contributed by atoms with Gasteiger partial charge in [0.15, 0.2) is 0 Å². The molecule has 1 aliphatic rings. The summed E-state index contributed by atoms with van der Waals surface area (Å²) < 4.78 is 15.0. The first-order valence-corrected chi connectivity index (χ1v) is 7.74. The van der Waals surface area contributed by atoms with E-state index in [9.17, 15) is 9.59 Å². The average molecular weight is 323 g/mol. The minimum atomic E-state index is -0.605. The smallest absolute Gasteiger partial charge is 0.355 e. The molecular weight excluding hydrogens is 306 g/mol. The van der Waals surface area contributed by atoms with Crippen molar-refractivity contribution in [3.8, 4) is 0 Å². The molecule has 2 rings (SSSR count). The van der Waals surface area contributed by atoms with E-state index < -0.39 is 11.9 Å². The molecule has 0 aliphatic carbocycles. The first-order chi connectivity index (χ1) is 10.6. The Kier molecular flexibility index (Phi) is 5.46. The predicted octanol–water partition coefficient (Wildman–Crippen LogP) is 1.80. The Morgan fingerprint density at radius 1 is 1.23 bits per heavy atom. The second kappa shape index (κ2) is 7.33. The van der Waals surface area contributed by atoms with Crippen LogP contribution in [-0.2, 0) is 23.8 Å². The fourth-order valence-electron chi connectivity index (χ4n) is 2.13. The number of methoxy groups -OCH3 is 2. The van der Waals surface area contributed by atoms with Crippen LogP contribution in [0.3, 0.4) is 0 Å². The van der Waals surface area contributed by atoms with Gasteiger partial charge in [-0.2, -0.15) is 0 Å². The molecule has 1 heterocycles. The molecular formula is C15H17NO5S. The molecule has 0 spiro atoms. The molecule has 1 aliphatic heterocycles. The van der Waals surface area contributed by atoms with Gasteiger partial charge in [-0.25, -0.2) is 9.59 Å². The molecule has 0 N–H and O–H groups in total. The summed E-state index contributed by atoms with van der Waals surface area (Å²) in [4.78, 5) is 26.7. The van der Waals surface area contributed by atoms with Gasteiger partial charge in [-0.05, 0) is 24.5 Å². The maximum Gasteiger partial charge on any atom is 0.355 e. The summed E-state index contributed by atoms with van der Waals surface area (Å²) >= 11 is 1.58. The lowest BCUT2D eigenvalue weighted by molar-refractivity contribution is -0.140. The van der Waals surface area contributed by atoms with E-state index in [1.165, 1.54) is 14.2 Å². The molecule has 0 fully saturated rings. The van der Waals surface area contributed by atoms with E-state index in [0.717, 1.165) is 10.6 Å². The van der Waals surface area contributed by atoms with Gasteiger partial charge in [-0.15, -0.1) is 11.8 Å². The van der Waals surface area contributed by atoms with Gasteiger partial charge in [-0.3, -0.25) is 0 Å². The van der Waals surface area contributed by atoms with Crippen molar-refractivity contribution in [1.82, 2.24) is 0 Å². The Morgan fingerprint density at radius 2 is 1.95 bits per heavy atom. The minimum absolute atomic E-state index is 0.00975. The summed E-state index contributed by atoms with van der Waals surface area (Å²) in [6.07, 6.45) is 1.96. The average Bonchev–Trinajstić information content (AvgIpc) is 2.59. The van der Waals surface area contributed by atoms with Crippen molar-refractivity contribution >= 4 is 29.4 Å². The Labute approximate surface area is 133 Å². The highest BCUT2D eigenvalue weighted by Gasteiger charge is 2.32. The molecule has 0 amide bonds. The Hall–Kier alpha value is -1.99.